The maximum absolute atomic E-state index is 12.3. The third-order valence-electron chi connectivity index (χ3n) is 4.61. The molecular weight excluding hydrogens is 292 g/mol. The summed E-state index contributed by atoms with van der Waals surface area (Å²) in [5.41, 5.74) is 1.24. The van der Waals surface area contributed by atoms with Gasteiger partial charge < -0.3 is 14.8 Å². The highest BCUT2D eigenvalue weighted by Crippen LogP contribution is 2.39. The van der Waals surface area contributed by atoms with Gasteiger partial charge in [0.2, 0.25) is 5.89 Å². The van der Waals surface area contributed by atoms with Crippen LogP contribution in [0, 0.1) is 6.92 Å². The first-order valence-corrected chi connectivity index (χ1v) is 7.83. The average Bonchev–Trinajstić information content (AvgIpc) is 2.93. The maximum atomic E-state index is 12.3. The van der Waals surface area contributed by atoms with E-state index in [9.17, 15) is 4.79 Å². The minimum absolute atomic E-state index is 0.0602. The Balaban J connectivity index is 1.61. The molecule has 2 N–H and O–H groups in total. The number of aromatic amines is 1. The van der Waals surface area contributed by atoms with Crippen molar-refractivity contribution in [3.05, 3.63) is 58.0 Å². The zero-order chi connectivity index (χ0) is 15.9. The second kappa shape index (κ2) is 5.31. The summed E-state index contributed by atoms with van der Waals surface area (Å²) in [6.07, 6.45) is 3.03. The second-order valence-corrected chi connectivity index (χ2v) is 6.14. The van der Waals surface area contributed by atoms with Crippen LogP contribution < -0.4 is 10.9 Å². The van der Waals surface area contributed by atoms with Crippen LogP contribution in [0.1, 0.15) is 36.5 Å². The van der Waals surface area contributed by atoms with Gasteiger partial charge in [-0.1, -0.05) is 23.4 Å². The highest BCUT2D eigenvalue weighted by molar-refractivity contribution is 5.78. The first kappa shape index (κ1) is 14.1. The number of hydrogen-bond donors (Lipinski definition) is 2. The van der Waals surface area contributed by atoms with Gasteiger partial charge in [0.05, 0.1) is 5.54 Å². The van der Waals surface area contributed by atoms with E-state index in [4.69, 9.17) is 4.52 Å². The lowest BCUT2D eigenvalue weighted by Gasteiger charge is -2.39. The summed E-state index contributed by atoms with van der Waals surface area (Å²) in [5, 5.41) is 8.57. The molecular formula is C17H18N4O2. The van der Waals surface area contributed by atoms with Crippen molar-refractivity contribution in [2.75, 3.05) is 0 Å². The number of nitrogens with one attached hydrogen (secondary N) is 2. The van der Waals surface area contributed by atoms with Gasteiger partial charge in [-0.15, -0.1) is 0 Å². The topological polar surface area (TPSA) is 83.8 Å². The number of aromatic nitrogens is 3. The number of pyridine rings is 1. The van der Waals surface area contributed by atoms with Crippen LogP contribution >= 0.6 is 0 Å². The fourth-order valence-electron chi connectivity index (χ4n) is 3.09. The highest BCUT2D eigenvalue weighted by Gasteiger charge is 2.42. The summed E-state index contributed by atoms with van der Waals surface area (Å²) in [4.78, 5) is 19.5. The first-order chi connectivity index (χ1) is 11.2. The molecule has 0 atom stereocenters. The number of para-hydroxylation sites is 1. The lowest BCUT2D eigenvalue weighted by molar-refractivity contribution is 0.165. The summed E-state index contributed by atoms with van der Waals surface area (Å²) in [5.74, 6) is 1.26. The van der Waals surface area contributed by atoms with Crippen molar-refractivity contribution in [2.24, 2.45) is 0 Å². The number of hydrogen-bond acceptors (Lipinski definition) is 5. The van der Waals surface area contributed by atoms with E-state index in [1.54, 1.807) is 6.92 Å². The first-order valence-electron chi connectivity index (χ1n) is 7.83. The van der Waals surface area contributed by atoms with E-state index >= 15 is 0 Å². The summed E-state index contributed by atoms with van der Waals surface area (Å²) in [6, 6.07) is 9.72. The summed E-state index contributed by atoms with van der Waals surface area (Å²) < 4.78 is 5.11. The lowest BCUT2D eigenvalue weighted by Crippen LogP contribution is -2.49. The van der Waals surface area contributed by atoms with Crippen molar-refractivity contribution in [1.29, 1.82) is 0 Å². The lowest BCUT2D eigenvalue weighted by atomic mass is 9.76. The van der Waals surface area contributed by atoms with E-state index in [0.29, 0.717) is 18.3 Å². The third-order valence-corrected chi connectivity index (χ3v) is 4.61. The van der Waals surface area contributed by atoms with E-state index in [2.05, 4.69) is 20.4 Å². The van der Waals surface area contributed by atoms with Crippen molar-refractivity contribution < 1.29 is 4.52 Å². The molecule has 0 radical (unpaired) electrons. The molecule has 0 bridgehead atoms. The normalized spacial score (nSPS) is 16.4. The van der Waals surface area contributed by atoms with Crippen molar-refractivity contribution in [3.8, 4) is 0 Å². The predicted octanol–water partition coefficient (Wildman–Crippen LogP) is 2.39. The van der Waals surface area contributed by atoms with Gasteiger partial charge in [0.1, 0.15) is 0 Å². The maximum Gasteiger partial charge on any atom is 0.252 e. The van der Waals surface area contributed by atoms with Gasteiger partial charge in [-0.2, -0.15) is 4.98 Å². The number of nitrogens with zero attached hydrogens (tertiary/aromatic N) is 2. The minimum Gasteiger partial charge on any atom is -0.340 e. The molecule has 23 heavy (non-hydrogen) atoms. The van der Waals surface area contributed by atoms with Gasteiger partial charge >= 0.3 is 0 Å². The van der Waals surface area contributed by atoms with Crippen LogP contribution in [0.15, 0.2) is 39.6 Å². The van der Waals surface area contributed by atoms with Crippen LogP contribution in [0.5, 0.6) is 0 Å². The fourth-order valence-corrected chi connectivity index (χ4v) is 3.09. The molecule has 118 valence electrons. The molecule has 0 aliphatic heterocycles. The average molecular weight is 310 g/mol. The molecule has 1 aliphatic carbocycles. The Morgan fingerprint density at radius 2 is 2.17 bits per heavy atom. The van der Waals surface area contributed by atoms with E-state index in [0.717, 1.165) is 35.7 Å². The monoisotopic (exact) mass is 310 g/mol. The Labute approximate surface area is 132 Å². The van der Waals surface area contributed by atoms with Gasteiger partial charge in [0.15, 0.2) is 5.82 Å². The van der Waals surface area contributed by atoms with E-state index in [1.165, 1.54) is 0 Å². The van der Waals surface area contributed by atoms with E-state index in [1.807, 2.05) is 30.3 Å². The van der Waals surface area contributed by atoms with Crippen LogP contribution in [0.3, 0.4) is 0 Å². The Bertz CT molecular complexity index is 908. The standard InChI is InChI=1S/C17H18N4O2/c1-11-19-16(21-23-11)17(7-4-8-17)18-10-13-9-12-5-2-3-6-14(12)20-15(13)22/h2-3,5-6,9,18H,4,7-8,10H2,1H3,(H,20,22). The summed E-state index contributed by atoms with van der Waals surface area (Å²) >= 11 is 0. The van der Waals surface area contributed by atoms with Crippen LogP contribution in [0.25, 0.3) is 10.9 Å². The molecule has 1 aliphatic rings. The molecule has 1 saturated carbocycles. The van der Waals surface area contributed by atoms with Crippen molar-refractivity contribution in [1.82, 2.24) is 20.4 Å². The Kier molecular flexibility index (Phi) is 3.27. The van der Waals surface area contributed by atoms with Crippen LogP contribution in [-0.2, 0) is 12.1 Å². The van der Waals surface area contributed by atoms with Crippen LogP contribution in [0.2, 0.25) is 0 Å². The van der Waals surface area contributed by atoms with Gasteiger partial charge in [-0.25, -0.2) is 0 Å². The molecule has 6 heteroatoms. The summed E-state index contributed by atoms with van der Waals surface area (Å²) in [7, 11) is 0. The van der Waals surface area contributed by atoms with E-state index < -0.39 is 0 Å². The smallest absolute Gasteiger partial charge is 0.252 e. The molecule has 0 saturated heterocycles. The number of benzene rings is 1. The van der Waals surface area contributed by atoms with Gasteiger partial charge in [-0.3, -0.25) is 4.79 Å². The summed E-state index contributed by atoms with van der Waals surface area (Å²) in [6.45, 7) is 2.27. The number of fused-ring (bicyclic) bond motifs is 1. The number of H-pyrrole nitrogens is 1. The Hall–Kier alpha value is -2.47. The quantitative estimate of drug-likeness (QED) is 0.773. The van der Waals surface area contributed by atoms with Gasteiger partial charge in [0, 0.05) is 24.5 Å². The molecule has 3 aromatic rings. The van der Waals surface area contributed by atoms with E-state index in [-0.39, 0.29) is 11.1 Å². The van der Waals surface area contributed by atoms with Gasteiger partial charge in [0.25, 0.3) is 5.56 Å². The molecule has 2 heterocycles. The Morgan fingerprint density at radius 3 is 2.87 bits per heavy atom. The molecule has 6 nitrogen and oxygen atoms in total. The predicted molar refractivity (Wildman–Crippen MR) is 86.0 cm³/mol. The van der Waals surface area contributed by atoms with Crippen LogP contribution in [0.4, 0.5) is 0 Å². The highest BCUT2D eigenvalue weighted by atomic mass is 16.5. The molecule has 4 rings (SSSR count). The van der Waals surface area contributed by atoms with Gasteiger partial charge in [-0.05, 0) is 36.8 Å². The van der Waals surface area contributed by atoms with Crippen molar-refractivity contribution in [3.63, 3.8) is 0 Å². The second-order valence-electron chi connectivity index (χ2n) is 6.14. The van der Waals surface area contributed by atoms with Crippen molar-refractivity contribution in [2.45, 2.75) is 38.3 Å². The van der Waals surface area contributed by atoms with Crippen LogP contribution in [-0.4, -0.2) is 15.1 Å². The molecule has 1 fully saturated rings. The Morgan fingerprint density at radius 1 is 1.35 bits per heavy atom. The minimum atomic E-state index is -0.268. The molecule has 0 amide bonds. The zero-order valence-electron chi connectivity index (χ0n) is 12.9. The molecule has 0 unspecified atom stereocenters. The molecule has 0 spiro atoms. The molecule has 2 aromatic heterocycles. The number of aryl methyl sites for hydroxylation is 1. The van der Waals surface area contributed by atoms with Crippen molar-refractivity contribution >= 4 is 10.9 Å². The largest absolute Gasteiger partial charge is 0.340 e. The third kappa shape index (κ3) is 2.45. The zero-order valence-corrected chi connectivity index (χ0v) is 12.9. The fraction of sp³-hybridized carbons (Fsp3) is 0.353. The number of rotatable bonds is 4. The SMILES string of the molecule is Cc1nc(C2(NCc3cc4ccccc4[nH]c3=O)CCC2)no1. The molecule has 1 aromatic carbocycles.